The molecule has 0 radical (unpaired) electrons. The van der Waals surface area contributed by atoms with Gasteiger partial charge in [-0.25, -0.2) is 26.3 Å². The molecule has 0 spiro atoms. The Balaban J connectivity index is 2.08. The second-order valence-corrected chi connectivity index (χ2v) is 5.91. The van der Waals surface area contributed by atoms with Gasteiger partial charge >= 0.3 is 0 Å². The molecule has 138 valence electrons. The molecule has 0 aliphatic carbocycles. The minimum absolute atomic E-state index is 0.0129. The van der Waals surface area contributed by atoms with Crippen LogP contribution < -0.4 is 0 Å². The molecule has 0 heterocycles. The number of fused-ring (bicyclic) bond motifs is 1. The van der Waals surface area contributed by atoms with E-state index in [9.17, 15) is 26.3 Å². The van der Waals surface area contributed by atoms with Crippen LogP contribution in [0.2, 0.25) is 0 Å². The number of benzene rings is 3. The summed E-state index contributed by atoms with van der Waals surface area (Å²) in [5, 5.41) is 0.330. The SMILES string of the molecule is CCCc1c(F)c(F)c(C#Cc2ccc3c(F)c(F)ccc3c2)c(F)c1F. The summed E-state index contributed by atoms with van der Waals surface area (Å²) in [6.07, 6.45) is 0.165. The standard InChI is InChI=1S/C21H12F6/c1-2-3-14-18(24)20(26)15(21(27)19(14)25)8-5-11-4-7-13-12(10-11)6-9-16(22)17(13)23/h4,6-7,9-10H,2-3H2,1H3. The zero-order valence-electron chi connectivity index (χ0n) is 14.1. The van der Waals surface area contributed by atoms with Gasteiger partial charge in [-0.3, -0.25) is 0 Å². The van der Waals surface area contributed by atoms with Crippen LogP contribution in [0.4, 0.5) is 26.3 Å². The first-order chi connectivity index (χ1) is 12.8. The Morgan fingerprint density at radius 1 is 0.741 bits per heavy atom. The Morgan fingerprint density at radius 2 is 1.41 bits per heavy atom. The maximum absolute atomic E-state index is 14.1. The van der Waals surface area contributed by atoms with E-state index in [4.69, 9.17) is 0 Å². The number of rotatable bonds is 2. The van der Waals surface area contributed by atoms with Crippen molar-refractivity contribution in [2.45, 2.75) is 19.8 Å². The molecule has 0 aliphatic rings. The first-order valence-corrected chi connectivity index (χ1v) is 8.09. The van der Waals surface area contributed by atoms with Crippen LogP contribution in [0.25, 0.3) is 10.8 Å². The quantitative estimate of drug-likeness (QED) is 0.290. The normalized spacial score (nSPS) is 10.8. The molecule has 0 N–H and O–H groups in total. The fourth-order valence-electron chi connectivity index (χ4n) is 2.73. The van der Waals surface area contributed by atoms with Crippen molar-refractivity contribution in [3.8, 4) is 11.8 Å². The van der Waals surface area contributed by atoms with Gasteiger partial charge in [0.05, 0.1) is 0 Å². The van der Waals surface area contributed by atoms with E-state index < -0.39 is 46.0 Å². The van der Waals surface area contributed by atoms with Crippen molar-refractivity contribution < 1.29 is 26.3 Å². The van der Waals surface area contributed by atoms with Gasteiger partial charge in [0.15, 0.2) is 34.9 Å². The third-order valence-electron chi connectivity index (χ3n) is 4.09. The largest absolute Gasteiger partial charge is 0.204 e. The minimum atomic E-state index is -1.56. The molecule has 3 rings (SSSR count). The van der Waals surface area contributed by atoms with Crippen LogP contribution in [0.15, 0.2) is 30.3 Å². The summed E-state index contributed by atoms with van der Waals surface area (Å²) >= 11 is 0. The van der Waals surface area contributed by atoms with Gasteiger partial charge in [-0.05, 0) is 30.0 Å². The molecule has 0 saturated heterocycles. The Labute approximate surface area is 151 Å². The summed E-state index contributed by atoms with van der Waals surface area (Å²) < 4.78 is 83.1. The molecule has 0 aromatic heterocycles. The predicted octanol–water partition coefficient (Wildman–Crippen LogP) is 6.03. The lowest BCUT2D eigenvalue weighted by Crippen LogP contribution is -2.06. The number of hydrogen-bond acceptors (Lipinski definition) is 0. The summed E-state index contributed by atoms with van der Waals surface area (Å²) in [5.74, 6) is -3.59. The zero-order valence-corrected chi connectivity index (χ0v) is 14.1. The Morgan fingerprint density at radius 3 is 2.04 bits per heavy atom. The van der Waals surface area contributed by atoms with Crippen LogP contribution in [0.1, 0.15) is 30.0 Å². The summed E-state index contributed by atoms with van der Waals surface area (Å²) in [6, 6.07) is 6.20. The van der Waals surface area contributed by atoms with Crippen molar-refractivity contribution in [1.29, 1.82) is 0 Å². The van der Waals surface area contributed by atoms with E-state index in [1.165, 1.54) is 24.3 Å². The van der Waals surface area contributed by atoms with Crippen molar-refractivity contribution in [3.63, 3.8) is 0 Å². The first-order valence-electron chi connectivity index (χ1n) is 8.09. The van der Waals surface area contributed by atoms with E-state index in [1.54, 1.807) is 6.92 Å². The lowest BCUT2D eigenvalue weighted by molar-refractivity contribution is 0.435. The van der Waals surface area contributed by atoms with E-state index in [0.29, 0.717) is 11.8 Å². The number of hydrogen-bond donors (Lipinski definition) is 0. The molecule has 0 bridgehead atoms. The van der Waals surface area contributed by atoms with Crippen LogP contribution in [-0.4, -0.2) is 0 Å². The third kappa shape index (κ3) is 3.37. The van der Waals surface area contributed by atoms with Gasteiger partial charge in [0.2, 0.25) is 0 Å². The minimum Gasteiger partial charge on any atom is -0.204 e. The highest BCUT2D eigenvalue weighted by Gasteiger charge is 2.23. The van der Waals surface area contributed by atoms with Crippen molar-refractivity contribution in [1.82, 2.24) is 0 Å². The molecule has 0 fully saturated rings. The van der Waals surface area contributed by atoms with Crippen LogP contribution >= 0.6 is 0 Å². The summed E-state index contributed by atoms with van der Waals surface area (Å²) in [7, 11) is 0. The van der Waals surface area contributed by atoms with E-state index >= 15 is 0 Å². The van der Waals surface area contributed by atoms with Crippen molar-refractivity contribution in [2.75, 3.05) is 0 Å². The van der Waals surface area contributed by atoms with Crippen molar-refractivity contribution in [2.24, 2.45) is 0 Å². The Bertz CT molecular complexity index is 1080. The monoisotopic (exact) mass is 378 g/mol. The van der Waals surface area contributed by atoms with E-state index in [-0.39, 0.29) is 17.4 Å². The van der Waals surface area contributed by atoms with Gasteiger partial charge in [0.1, 0.15) is 5.56 Å². The summed E-state index contributed by atoms with van der Waals surface area (Å²) in [5.41, 5.74) is -1.46. The van der Waals surface area contributed by atoms with Gasteiger partial charge in [0.25, 0.3) is 0 Å². The molecular formula is C21H12F6. The molecule has 0 unspecified atom stereocenters. The van der Waals surface area contributed by atoms with Crippen LogP contribution in [0, 0.1) is 46.7 Å². The molecule has 0 atom stereocenters. The van der Waals surface area contributed by atoms with E-state index in [1.807, 2.05) is 0 Å². The lowest BCUT2D eigenvalue weighted by Gasteiger charge is -2.08. The molecule has 0 saturated carbocycles. The van der Waals surface area contributed by atoms with Crippen LogP contribution in [0.5, 0.6) is 0 Å². The van der Waals surface area contributed by atoms with Gasteiger partial charge in [0, 0.05) is 16.5 Å². The molecule has 0 aliphatic heterocycles. The maximum Gasteiger partial charge on any atom is 0.177 e. The van der Waals surface area contributed by atoms with Gasteiger partial charge in [-0.1, -0.05) is 37.3 Å². The fraction of sp³-hybridized carbons (Fsp3) is 0.143. The first kappa shape index (κ1) is 18.8. The molecule has 6 heteroatoms. The van der Waals surface area contributed by atoms with Crippen molar-refractivity contribution in [3.05, 3.63) is 81.9 Å². The topological polar surface area (TPSA) is 0 Å². The van der Waals surface area contributed by atoms with Crippen molar-refractivity contribution >= 4 is 10.8 Å². The fourth-order valence-corrected chi connectivity index (χ4v) is 2.73. The summed E-state index contributed by atoms with van der Waals surface area (Å²) in [6.45, 7) is 1.62. The lowest BCUT2D eigenvalue weighted by atomic mass is 10.0. The molecule has 3 aromatic carbocycles. The highest BCUT2D eigenvalue weighted by atomic mass is 19.2. The third-order valence-corrected chi connectivity index (χ3v) is 4.09. The Kier molecular flexibility index (Phi) is 5.13. The Hall–Kier alpha value is -2.94. The highest BCUT2D eigenvalue weighted by molar-refractivity contribution is 5.84. The molecule has 3 aromatic rings. The van der Waals surface area contributed by atoms with E-state index in [2.05, 4.69) is 11.8 Å². The molecule has 27 heavy (non-hydrogen) atoms. The molecule has 0 amide bonds. The number of halogens is 6. The molecular weight excluding hydrogens is 366 g/mol. The van der Waals surface area contributed by atoms with E-state index in [0.717, 1.165) is 6.07 Å². The zero-order chi connectivity index (χ0) is 19.7. The van der Waals surface area contributed by atoms with Gasteiger partial charge < -0.3 is 0 Å². The molecule has 0 nitrogen and oxygen atoms in total. The van der Waals surface area contributed by atoms with Gasteiger partial charge in [-0.2, -0.15) is 0 Å². The van der Waals surface area contributed by atoms with Gasteiger partial charge in [-0.15, -0.1) is 0 Å². The van der Waals surface area contributed by atoms with Crippen LogP contribution in [0.3, 0.4) is 0 Å². The average Bonchev–Trinajstić information content (AvgIpc) is 2.66. The summed E-state index contributed by atoms with van der Waals surface area (Å²) in [4.78, 5) is 0. The highest BCUT2D eigenvalue weighted by Crippen LogP contribution is 2.25. The second kappa shape index (κ2) is 7.36. The average molecular weight is 378 g/mol. The maximum atomic E-state index is 14.1. The predicted molar refractivity (Wildman–Crippen MR) is 90.1 cm³/mol. The second-order valence-electron chi connectivity index (χ2n) is 5.91. The van der Waals surface area contributed by atoms with Crippen LogP contribution in [-0.2, 0) is 6.42 Å². The smallest absolute Gasteiger partial charge is 0.177 e.